The highest BCUT2D eigenvalue weighted by Gasteiger charge is 2.23. The van der Waals surface area contributed by atoms with Crippen LogP contribution < -0.4 is 0 Å². The molecule has 0 atom stereocenters. The first-order valence-electron chi connectivity index (χ1n) is 4.43. The maximum atomic E-state index is 12.7. The maximum Gasteiger partial charge on any atom is 0.339 e. The molecule has 0 N–H and O–H groups in total. The van der Waals surface area contributed by atoms with Crippen LogP contribution in [0.4, 0.5) is 8.78 Å². The Kier molecular flexibility index (Phi) is 3.56. The second kappa shape index (κ2) is 4.71. The van der Waals surface area contributed by atoms with E-state index in [9.17, 15) is 13.6 Å². The lowest BCUT2D eigenvalue weighted by molar-refractivity contribution is 0.0589. The van der Waals surface area contributed by atoms with Gasteiger partial charge in [0.15, 0.2) is 0 Å². The van der Waals surface area contributed by atoms with Gasteiger partial charge in [0.05, 0.1) is 18.2 Å². The van der Waals surface area contributed by atoms with Gasteiger partial charge in [0.25, 0.3) is 6.43 Å². The number of methoxy groups -OCH3 is 1. The van der Waals surface area contributed by atoms with Crippen LogP contribution in [0.3, 0.4) is 0 Å². The van der Waals surface area contributed by atoms with Crippen molar-refractivity contribution in [1.29, 1.82) is 5.26 Å². The smallest absolute Gasteiger partial charge is 0.339 e. The number of benzene rings is 1. The molecule has 0 radical (unpaired) electrons. The van der Waals surface area contributed by atoms with Crippen LogP contribution in [0.5, 0.6) is 0 Å². The number of halogens is 2. The van der Waals surface area contributed by atoms with Crippen molar-refractivity contribution in [2.45, 2.75) is 13.3 Å². The van der Waals surface area contributed by atoms with Crippen molar-refractivity contribution >= 4 is 5.97 Å². The summed E-state index contributed by atoms with van der Waals surface area (Å²) in [7, 11) is 1.08. The Labute approximate surface area is 91.3 Å². The molecule has 0 aromatic heterocycles. The van der Waals surface area contributed by atoms with Crippen LogP contribution in [-0.4, -0.2) is 13.1 Å². The molecule has 0 heterocycles. The number of ether oxygens (including phenoxy) is 1. The number of nitrogens with zero attached hydrogens (tertiary/aromatic N) is 1. The minimum absolute atomic E-state index is 0.0651. The molecule has 0 amide bonds. The van der Waals surface area contributed by atoms with Crippen molar-refractivity contribution < 1.29 is 18.3 Å². The van der Waals surface area contributed by atoms with Gasteiger partial charge in [-0.1, -0.05) is 12.1 Å². The molecule has 0 aliphatic rings. The Morgan fingerprint density at radius 2 is 2.12 bits per heavy atom. The van der Waals surface area contributed by atoms with Gasteiger partial charge in [-0.15, -0.1) is 0 Å². The van der Waals surface area contributed by atoms with Gasteiger partial charge in [-0.05, 0) is 12.5 Å². The molecule has 0 spiro atoms. The molecule has 16 heavy (non-hydrogen) atoms. The van der Waals surface area contributed by atoms with E-state index in [2.05, 4.69) is 4.74 Å². The van der Waals surface area contributed by atoms with E-state index < -0.39 is 18.0 Å². The minimum Gasteiger partial charge on any atom is -0.465 e. The number of carbonyl (C=O) groups is 1. The second-order valence-corrected chi connectivity index (χ2v) is 3.13. The summed E-state index contributed by atoms with van der Waals surface area (Å²) in [6, 6.07) is 4.25. The lowest BCUT2D eigenvalue weighted by Crippen LogP contribution is -2.10. The van der Waals surface area contributed by atoms with Crippen LogP contribution in [0.2, 0.25) is 0 Å². The monoisotopic (exact) mass is 225 g/mol. The van der Waals surface area contributed by atoms with Crippen molar-refractivity contribution in [2.75, 3.05) is 7.11 Å². The third-order valence-corrected chi connectivity index (χ3v) is 2.18. The van der Waals surface area contributed by atoms with Crippen LogP contribution in [0.1, 0.15) is 33.5 Å². The third kappa shape index (κ3) is 2.01. The van der Waals surface area contributed by atoms with E-state index in [-0.39, 0.29) is 11.1 Å². The zero-order valence-electron chi connectivity index (χ0n) is 8.75. The molecule has 3 nitrogen and oxygen atoms in total. The Morgan fingerprint density at radius 1 is 1.50 bits per heavy atom. The Morgan fingerprint density at radius 3 is 2.56 bits per heavy atom. The first-order chi connectivity index (χ1) is 7.52. The van der Waals surface area contributed by atoms with E-state index in [0.29, 0.717) is 5.56 Å². The highest BCUT2D eigenvalue weighted by molar-refractivity contribution is 5.94. The summed E-state index contributed by atoms with van der Waals surface area (Å²) >= 11 is 0. The SMILES string of the molecule is COC(=O)c1c(C(F)F)ccc(C)c1C#N. The average Bonchev–Trinajstić information content (AvgIpc) is 2.27. The normalized spacial score (nSPS) is 10.0. The van der Waals surface area contributed by atoms with E-state index in [4.69, 9.17) is 5.26 Å². The number of nitriles is 1. The first-order valence-corrected chi connectivity index (χ1v) is 4.43. The summed E-state index contributed by atoms with van der Waals surface area (Å²) in [5.41, 5.74) is -0.425. The van der Waals surface area contributed by atoms with Crippen molar-refractivity contribution in [3.8, 4) is 6.07 Å². The van der Waals surface area contributed by atoms with Gasteiger partial charge in [0.1, 0.15) is 6.07 Å². The summed E-state index contributed by atoms with van der Waals surface area (Å²) in [5, 5.41) is 8.85. The van der Waals surface area contributed by atoms with Crippen LogP contribution in [-0.2, 0) is 4.74 Å². The second-order valence-electron chi connectivity index (χ2n) is 3.13. The molecule has 84 valence electrons. The fourth-order valence-corrected chi connectivity index (χ4v) is 1.37. The molecular weight excluding hydrogens is 216 g/mol. The standard InChI is InChI=1S/C11H9F2NO2/c1-6-3-4-7(10(12)13)9(8(6)5-14)11(15)16-2/h3-4,10H,1-2H3. The number of hydrogen-bond acceptors (Lipinski definition) is 3. The number of hydrogen-bond donors (Lipinski definition) is 0. The first kappa shape index (κ1) is 12.1. The maximum absolute atomic E-state index is 12.7. The Bertz CT molecular complexity index is 464. The Balaban J connectivity index is 3.55. The van der Waals surface area contributed by atoms with Gasteiger partial charge >= 0.3 is 5.97 Å². The van der Waals surface area contributed by atoms with Crippen molar-refractivity contribution in [3.63, 3.8) is 0 Å². The highest BCUT2D eigenvalue weighted by Crippen LogP contribution is 2.27. The van der Waals surface area contributed by atoms with Crippen LogP contribution >= 0.6 is 0 Å². The van der Waals surface area contributed by atoms with Crippen LogP contribution in [0, 0.1) is 18.3 Å². The number of aryl methyl sites for hydroxylation is 1. The lowest BCUT2D eigenvalue weighted by Gasteiger charge is -2.10. The molecule has 0 bridgehead atoms. The van der Waals surface area contributed by atoms with E-state index in [1.54, 1.807) is 13.0 Å². The predicted molar refractivity (Wildman–Crippen MR) is 52.2 cm³/mol. The zero-order valence-corrected chi connectivity index (χ0v) is 8.75. The molecule has 0 fully saturated rings. The van der Waals surface area contributed by atoms with Crippen molar-refractivity contribution in [1.82, 2.24) is 0 Å². The fraction of sp³-hybridized carbons (Fsp3) is 0.273. The largest absolute Gasteiger partial charge is 0.465 e. The Hall–Kier alpha value is -1.96. The summed E-state index contributed by atoms with van der Waals surface area (Å²) in [4.78, 5) is 11.4. The quantitative estimate of drug-likeness (QED) is 0.727. The molecule has 0 saturated carbocycles. The van der Waals surface area contributed by atoms with E-state index in [0.717, 1.165) is 13.2 Å². The molecule has 5 heteroatoms. The topological polar surface area (TPSA) is 50.1 Å². The predicted octanol–water partition coefficient (Wildman–Crippen LogP) is 2.59. The van der Waals surface area contributed by atoms with Gasteiger partial charge < -0.3 is 4.74 Å². The van der Waals surface area contributed by atoms with Crippen LogP contribution in [0.15, 0.2) is 12.1 Å². The van der Waals surface area contributed by atoms with Gasteiger partial charge in [-0.25, -0.2) is 13.6 Å². The van der Waals surface area contributed by atoms with Crippen molar-refractivity contribution in [3.05, 3.63) is 34.4 Å². The molecular formula is C11H9F2NO2. The summed E-state index contributed by atoms with van der Waals surface area (Å²) in [6.45, 7) is 1.57. The van der Waals surface area contributed by atoms with Gasteiger partial charge in [0, 0.05) is 5.56 Å². The molecule has 1 rings (SSSR count). The van der Waals surface area contributed by atoms with E-state index in [1.165, 1.54) is 6.07 Å². The fourth-order valence-electron chi connectivity index (χ4n) is 1.37. The lowest BCUT2D eigenvalue weighted by atomic mass is 9.97. The van der Waals surface area contributed by atoms with Gasteiger partial charge in [-0.3, -0.25) is 0 Å². The molecule has 0 aliphatic carbocycles. The highest BCUT2D eigenvalue weighted by atomic mass is 19.3. The number of alkyl halides is 2. The van der Waals surface area contributed by atoms with Gasteiger partial charge in [-0.2, -0.15) is 5.26 Å². The average molecular weight is 225 g/mol. The summed E-state index contributed by atoms with van der Waals surface area (Å²) in [6.07, 6.45) is -2.82. The van der Waals surface area contributed by atoms with Crippen molar-refractivity contribution in [2.24, 2.45) is 0 Å². The third-order valence-electron chi connectivity index (χ3n) is 2.18. The number of carbonyl (C=O) groups excluding carboxylic acids is 1. The molecule has 1 aromatic rings. The molecule has 0 unspecified atom stereocenters. The summed E-state index contributed by atoms with van der Waals surface area (Å²) in [5.74, 6) is -0.921. The molecule has 0 saturated heterocycles. The summed E-state index contributed by atoms with van der Waals surface area (Å²) < 4.78 is 29.7. The minimum atomic E-state index is -2.82. The van der Waals surface area contributed by atoms with E-state index >= 15 is 0 Å². The van der Waals surface area contributed by atoms with Crippen LogP contribution in [0.25, 0.3) is 0 Å². The number of rotatable bonds is 2. The number of esters is 1. The molecule has 0 aliphatic heterocycles. The zero-order chi connectivity index (χ0) is 12.3. The van der Waals surface area contributed by atoms with E-state index in [1.807, 2.05) is 0 Å². The molecule has 1 aromatic carbocycles. The van der Waals surface area contributed by atoms with Gasteiger partial charge in [0.2, 0.25) is 0 Å².